The van der Waals surface area contributed by atoms with Crippen molar-refractivity contribution in [3.8, 4) is 17.1 Å². The predicted octanol–water partition coefficient (Wildman–Crippen LogP) is 3.80. The molecule has 2 saturated heterocycles. The van der Waals surface area contributed by atoms with E-state index in [1.165, 1.54) is 25.3 Å². The zero-order valence-electron chi connectivity index (χ0n) is 18.6. The van der Waals surface area contributed by atoms with E-state index in [0.29, 0.717) is 31.6 Å². The number of aromatic nitrogens is 1. The van der Waals surface area contributed by atoms with E-state index in [2.05, 4.69) is 5.16 Å². The number of hydrogen-bond donors (Lipinski definition) is 1. The van der Waals surface area contributed by atoms with Crippen LogP contribution in [-0.4, -0.2) is 59.8 Å². The molecule has 4 rings (SSSR count). The van der Waals surface area contributed by atoms with Crippen molar-refractivity contribution in [1.82, 2.24) is 10.1 Å². The summed E-state index contributed by atoms with van der Waals surface area (Å²) in [6.07, 6.45) is 3.11. The van der Waals surface area contributed by atoms with Crippen molar-refractivity contribution in [3.05, 3.63) is 29.6 Å². The van der Waals surface area contributed by atoms with Crippen LogP contribution in [0.3, 0.4) is 0 Å². The lowest BCUT2D eigenvalue weighted by Crippen LogP contribution is -2.55. The van der Waals surface area contributed by atoms with E-state index in [9.17, 15) is 19.1 Å². The van der Waals surface area contributed by atoms with E-state index in [4.69, 9.17) is 9.26 Å². The standard InChI is InChI=1S/C23H28FN3O5/c1-14(2)27-13-23(9-7-18(27)28)8-4-10-26(12-23)21-19(22(29)30)20(32-25-21)15-5-6-16(24)17(11-15)31-3/h5-6,11,14H,4,7-10,12-13H2,1-3H3,(H,29,30). The van der Waals surface area contributed by atoms with Crippen LogP contribution in [0.1, 0.15) is 49.9 Å². The fraction of sp³-hybridized carbons (Fsp3) is 0.522. The van der Waals surface area contributed by atoms with Gasteiger partial charge in [-0.2, -0.15) is 0 Å². The van der Waals surface area contributed by atoms with Crippen LogP contribution >= 0.6 is 0 Å². The number of piperidine rings is 2. The Morgan fingerprint density at radius 3 is 2.78 bits per heavy atom. The number of aromatic carboxylic acids is 1. The summed E-state index contributed by atoms with van der Waals surface area (Å²) >= 11 is 0. The smallest absolute Gasteiger partial charge is 0.343 e. The molecular weight excluding hydrogens is 417 g/mol. The fourth-order valence-electron chi connectivity index (χ4n) is 4.93. The summed E-state index contributed by atoms with van der Waals surface area (Å²) in [5.41, 5.74) is 0.216. The van der Waals surface area contributed by atoms with Crippen LogP contribution in [-0.2, 0) is 4.79 Å². The molecule has 3 heterocycles. The van der Waals surface area contributed by atoms with Gasteiger partial charge in [0.05, 0.1) is 7.11 Å². The van der Waals surface area contributed by atoms with Gasteiger partial charge in [-0.05, 0) is 51.3 Å². The van der Waals surface area contributed by atoms with Crippen molar-refractivity contribution >= 4 is 17.7 Å². The van der Waals surface area contributed by atoms with E-state index in [1.54, 1.807) is 0 Å². The number of nitrogens with zero attached hydrogens (tertiary/aromatic N) is 3. The number of anilines is 1. The highest BCUT2D eigenvalue weighted by Gasteiger charge is 2.44. The van der Waals surface area contributed by atoms with Gasteiger partial charge in [0.25, 0.3) is 0 Å². The third-order valence-corrected chi connectivity index (χ3v) is 6.58. The number of amides is 1. The molecule has 0 saturated carbocycles. The number of carboxylic acid groups (broad SMARTS) is 1. The summed E-state index contributed by atoms with van der Waals surface area (Å²) < 4.78 is 24.3. The molecule has 1 atom stereocenters. The average molecular weight is 445 g/mol. The summed E-state index contributed by atoms with van der Waals surface area (Å²) in [6.45, 7) is 5.93. The number of carbonyl (C=O) groups is 2. The maximum Gasteiger partial charge on any atom is 0.343 e. The number of ether oxygens (including phenoxy) is 1. The molecule has 0 bridgehead atoms. The number of hydrogen-bond acceptors (Lipinski definition) is 6. The molecule has 1 unspecified atom stereocenters. The first-order valence-corrected chi connectivity index (χ1v) is 10.9. The molecule has 1 N–H and O–H groups in total. The minimum Gasteiger partial charge on any atom is -0.494 e. The molecule has 1 spiro atoms. The number of rotatable bonds is 5. The van der Waals surface area contributed by atoms with E-state index in [0.717, 1.165) is 19.3 Å². The number of methoxy groups -OCH3 is 1. The first kappa shape index (κ1) is 22.1. The quantitative estimate of drug-likeness (QED) is 0.748. The summed E-state index contributed by atoms with van der Waals surface area (Å²) in [6, 6.07) is 4.17. The Balaban J connectivity index is 1.67. The molecule has 2 aromatic rings. The van der Waals surface area contributed by atoms with E-state index in [1.807, 2.05) is 23.6 Å². The molecule has 2 aliphatic heterocycles. The largest absolute Gasteiger partial charge is 0.494 e. The van der Waals surface area contributed by atoms with Crippen LogP contribution in [0.4, 0.5) is 10.2 Å². The van der Waals surface area contributed by atoms with Gasteiger partial charge in [-0.1, -0.05) is 5.16 Å². The maximum atomic E-state index is 13.8. The molecule has 1 aromatic carbocycles. The van der Waals surface area contributed by atoms with Crippen molar-refractivity contribution in [2.45, 2.75) is 45.6 Å². The molecule has 172 valence electrons. The Morgan fingerprint density at radius 1 is 1.31 bits per heavy atom. The predicted molar refractivity (Wildman–Crippen MR) is 115 cm³/mol. The van der Waals surface area contributed by atoms with Crippen molar-refractivity contribution in [2.24, 2.45) is 5.41 Å². The highest BCUT2D eigenvalue weighted by atomic mass is 19.1. The SMILES string of the molecule is COc1cc(-c2onc(N3CCCC4(CCC(=O)N(C(C)C)C4)C3)c2C(=O)O)ccc1F. The Morgan fingerprint density at radius 2 is 2.09 bits per heavy atom. The third kappa shape index (κ3) is 3.91. The highest BCUT2D eigenvalue weighted by molar-refractivity contribution is 5.99. The second-order valence-electron chi connectivity index (χ2n) is 9.01. The fourth-order valence-corrected chi connectivity index (χ4v) is 4.93. The van der Waals surface area contributed by atoms with Crippen LogP contribution in [0.25, 0.3) is 11.3 Å². The Kier molecular flexibility index (Phi) is 5.83. The van der Waals surface area contributed by atoms with Gasteiger partial charge in [-0.3, -0.25) is 4.79 Å². The van der Waals surface area contributed by atoms with Gasteiger partial charge >= 0.3 is 5.97 Å². The second kappa shape index (κ2) is 8.44. The zero-order chi connectivity index (χ0) is 23.0. The molecule has 1 amide bonds. The lowest BCUT2D eigenvalue weighted by molar-refractivity contribution is -0.140. The van der Waals surface area contributed by atoms with Gasteiger partial charge in [0.2, 0.25) is 5.91 Å². The normalized spacial score (nSPS) is 21.5. The number of benzene rings is 1. The maximum absolute atomic E-state index is 13.8. The van der Waals surface area contributed by atoms with E-state index >= 15 is 0 Å². The number of carboxylic acids is 1. The topological polar surface area (TPSA) is 96.1 Å². The molecule has 1 aromatic heterocycles. The summed E-state index contributed by atoms with van der Waals surface area (Å²) in [7, 11) is 1.34. The Hall–Kier alpha value is -3.10. The molecule has 0 radical (unpaired) electrons. The van der Waals surface area contributed by atoms with Gasteiger partial charge in [0, 0.05) is 43.1 Å². The molecule has 9 heteroatoms. The van der Waals surface area contributed by atoms with E-state index < -0.39 is 11.8 Å². The van der Waals surface area contributed by atoms with Crippen molar-refractivity contribution in [3.63, 3.8) is 0 Å². The average Bonchev–Trinajstić information content (AvgIpc) is 3.21. The van der Waals surface area contributed by atoms with Gasteiger partial charge in [0.15, 0.2) is 28.7 Å². The first-order chi connectivity index (χ1) is 15.2. The van der Waals surface area contributed by atoms with Crippen molar-refractivity contribution < 1.29 is 28.3 Å². The molecule has 8 nitrogen and oxygen atoms in total. The molecule has 2 aliphatic rings. The highest BCUT2D eigenvalue weighted by Crippen LogP contribution is 2.42. The number of likely N-dealkylation sites (tertiary alicyclic amines) is 1. The second-order valence-corrected chi connectivity index (χ2v) is 9.01. The summed E-state index contributed by atoms with van der Waals surface area (Å²) in [5.74, 6) is -1.22. The summed E-state index contributed by atoms with van der Waals surface area (Å²) in [5, 5.41) is 14.1. The van der Waals surface area contributed by atoms with Crippen LogP contribution in [0.15, 0.2) is 22.7 Å². The molecular formula is C23H28FN3O5. The van der Waals surface area contributed by atoms with Crippen molar-refractivity contribution in [1.29, 1.82) is 0 Å². The minimum absolute atomic E-state index is 0.00522. The van der Waals surface area contributed by atoms with Crippen LogP contribution < -0.4 is 9.64 Å². The molecule has 2 fully saturated rings. The minimum atomic E-state index is -1.17. The van der Waals surface area contributed by atoms with Gasteiger partial charge < -0.3 is 24.2 Å². The summed E-state index contributed by atoms with van der Waals surface area (Å²) in [4.78, 5) is 28.4. The Bertz CT molecular complexity index is 1040. The number of carbonyl (C=O) groups excluding carboxylic acids is 1. The van der Waals surface area contributed by atoms with Crippen LogP contribution in [0, 0.1) is 11.2 Å². The first-order valence-electron chi connectivity index (χ1n) is 10.9. The van der Waals surface area contributed by atoms with E-state index in [-0.39, 0.29) is 40.3 Å². The van der Waals surface area contributed by atoms with Crippen LogP contribution in [0.2, 0.25) is 0 Å². The molecule has 32 heavy (non-hydrogen) atoms. The van der Waals surface area contributed by atoms with Crippen molar-refractivity contribution in [2.75, 3.05) is 31.6 Å². The van der Waals surface area contributed by atoms with Gasteiger partial charge in [-0.25, -0.2) is 9.18 Å². The Labute approximate surface area is 185 Å². The number of halogens is 1. The lowest BCUT2D eigenvalue weighted by Gasteiger charge is -2.49. The van der Waals surface area contributed by atoms with Crippen LogP contribution in [0.5, 0.6) is 5.75 Å². The molecule has 0 aliphatic carbocycles. The lowest BCUT2D eigenvalue weighted by atomic mass is 9.73. The van der Waals surface area contributed by atoms with Gasteiger partial charge in [-0.15, -0.1) is 0 Å². The van der Waals surface area contributed by atoms with Gasteiger partial charge in [0.1, 0.15) is 0 Å². The zero-order valence-corrected chi connectivity index (χ0v) is 18.6. The monoisotopic (exact) mass is 445 g/mol. The third-order valence-electron chi connectivity index (χ3n) is 6.58.